The van der Waals surface area contributed by atoms with Crippen LogP contribution in [-0.4, -0.2) is 40.4 Å². The number of hydrogen-bond acceptors (Lipinski definition) is 8. The van der Waals surface area contributed by atoms with Crippen molar-refractivity contribution in [2.75, 3.05) is 0 Å². The minimum Gasteiger partial charge on any atom is -0.470 e. The molecule has 0 aliphatic heterocycles. The second kappa shape index (κ2) is 13.4. The maximum atomic E-state index is 6.36. The molecule has 7 aromatic rings. The number of benzene rings is 4. The third-order valence-electron chi connectivity index (χ3n) is 7.94. The Morgan fingerprint density at radius 2 is 1.25 bits per heavy atom. The molecule has 0 aliphatic rings. The largest absolute Gasteiger partial charge is 0.470 e. The number of aromatic nitrogens is 8. The number of fused-ring (bicyclic) bond motifs is 1. The fourth-order valence-corrected chi connectivity index (χ4v) is 5.66. The van der Waals surface area contributed by atoms with Gasteiger partial charge in [0, 0.05) is 18.5 Å². The summed E-state index contributed by atoms with van der Waals surface area (Å²) in [5, 5.41) is 23.6. The Bertz CT molecular complexity index is 2110. The zero-order valence-corrected chi connectivity index (χ0v) is 27.2. The van der Waals surface area contributed by atoms with Gasteiger partial charge >= 0.3 is 0 Å². The highest BCUT2D eigenvalue weighted by Crippen LogP contribution is 2.35. The fraction of sp³-hybridized carbons (Fsp3) is 0.211. The van der Waals surface area contributed by atoms with Gasteiger partial charge in [-0.2, -0.15) is 0 Å². The zero-order chi connectivity index (χ0) is 32.9. The van der Waals surface area contributed by atoms with E-state index in [2.05, 4.69) is 86.5 Å². The molecule has 3 aromatic heterocycles. The number of H-pyrrole nitrogens is 1. The number of ether oxygens (including phenoxy) is 2. The van der Waals surface area contributed by atoms with E-state index in [9.17, 15) is 0 Å². The first kappa shape index (κ1) is 30.7. The van der Waals surface area contributed by atoms with E-state index in [1.165, 1.54) is 0 Å². The Kier molecular flexibility index (Phi) is 8.61. The van der Waals surface area contributed by atoms with Gasteiger partial charge in [-0.1, -0.05) is 130 Å². The fourth-order valence-electron chi connectivity index (χ4n) is 5.66. The Balaban J connectivity index is 1.28. The number of rotatable bonds is 11. The Labute approximate surface area is 278 Å². The molecule has 48 heavy (non-hydrogen) atoms. The van der Waals surface area contributed by atoms with E-state index >= 15 is 0 Å². The lowest BCUT2D eigenvalue weighted by atomic mass is 9.92. The van der Waals surface area contributed by atoms with Crippen LogP contribution in [0, 0.1) is 5.41 Å². The number of hydrogen-bond donors (Lipinski definition) is 1. The number of tetrazole rings is 1. The van der Waals surface area contributed by atoms with E-state index < -0.39 is 0 Å². The van der Waals surface area contributed by atoms with E-state index in [4.69, 9.17) is 14.5 Å². The molecule has 7 rings (SSSR count). The van der Waals surface area contributed by atoms with Crippen molar-refractivity contribution in [3.63, 3.8) is 0 Å². The monoisotopic (exact) mass is 636 g/mol. The number of nitrogens with one attached hydrogen (secondary N) is 1. The van der Waals surface area contributed by atoms with Crippen molar-refractivity contribution in [1.82, 2.24) is 40.4 Å². The molecule has 0 spiro atoms. The smallest absolute Gasteiger partial charge is 0.262 e. The van der Waals surface area contributed by atoms with Crippen LogP contribution >= 0.6 is 0 Å². The Hall–Kier alpha value is -5.90. The van der Waals surface area contributed by atoms with Gasteiger partial charge < -0.3 is 14.0 Å². The average Bonchev–Trinajstić information content (AvgIpc) is 3.76. The topological polar surface area (TPSA) is 117 Å². The van der Waals surface area contributed by atoms with Crippen molar-refractivity contribution in [2.45, 2.75) is 47.0 Å². The molecule has 4 aromatic carbocycles. The summed E-state index contributed by atoms with van der Waals surface area (Å²) in [6.07, 6.45) is 0.731. The van der Waals surface area contributed by atoms with Crippen molar-refractivity contribution < 1.29 is 9.47 Å². The number of imidazole rings is 1. The number of aromatic amines is 1. The molecule has 1 N–H and O–H groups in total. The van der Waals surface area contributed by atoms with Gasteiger partial charge in [-0.15, -0.1) is 15.3 Å². The van der Waals surface area contributed by atoms with Crippen LogP contribution in [0.5, 0.6) is 11.8 Å². The molecule has 0 saturated heterocycles. The lowest BCUT2D eigenvalue weighted by Gasteiger charge is -2.19. The van der Waals surface area contributed by atoms with Crippen LogP contribution in [0.3, 0.4) is 0 Å². The first-order valence-electron chi connectivity index (χ1n) is 15.9. The second-order valence-corrected chi connectivity index (χ2v) is 12.9. The van der Waals surface area contributed by atoms with Crippen molar-refractivity contribution in [2.24, 2.45) is 5.41 Å². The first-order chi connectivity index (χ1) is 23.4. The van der Waals surface area contributed by atoms with Crippen molar-refractivity contribution in [1.29, 1.82) is 0 Å². The van der Waals surface area contributed by atoms with Crippen molar-refractivity contribution >= 4 is 11.0 Å². The normalized spacial score (nSPS) is 11.6. The first-order valence-corrected chi connectivity index (χ1v) is 15.9. The molecular formula is C38H36N8O2. The second-order valence-electron chi connectivity index (χ2n) is 12.9. The lowest BCUT2D eigenvalue weighted by molar-refractivity contribution is 0.277. The van der Waals surface area contributed by atoms with Crippen LogP contribution in [0.1, 0.15) is 43.3 Å². The third-order valence-corrected chi connectivity index (χ3v) is 7.94. The maximum Gasteiger partial charge on any atom is 0.262 e. The van der Waals surface area contributed by atoms with Crippen LogP contribution in [0.15, 0.2) is 109 Å². The highest BCUT2D eigenvalue weighted by atomic mass is 16.5. The molecule has 0 saturated carbocycles. The number of nitrogens with zero attached hydrogens (tertiary/aromatic N) is 7. The van der Waals surface area contributed by atoms with E-state index in [1.54, 1.807) is 0 Å². The molecule has 0 amide bonds. The summed E-state index contributed by atoms with van der Waals surface area (Å²) in [6, 6.07) is 36.7. The SMILES string of the molecule is CC(C)(C)Cc1nc2c(OCc3ccccc3)nnc(OCc3ccccc3)c2n1Cc1ccc(-c2ccccc2-c2nnn[nH]2)cc1. The summed E-state index contributed by atoms with van der Waals surface area (Å²) in [6.45, 7) is 7.89. The van der Waals surface area contributed by atoms with Gasteiger partial charge in [0.25, 0.3) is 11.8 Å². The van der Waals surface area contributed by atoms with Crippen LogP contribution < -0.4 is 9.47 Å². The summed E-state index contributed by atoms with van der Waals surface area (Å²) in [5.74, 6) is 2.33. The van der Waals surface area contributed by atoms with Crippen LogP contribution in [-0.2, 0) is 26.2 Å². The molecule has 10 heteroatoms. The van der Waals surface area contributed by atoms with Crippen molar-refractivity contribution in [3.05, 3.63) is 132 Å². The summed E-state index contributed by atoms with van der Waals surface area (Å²) >= 11 is 0. The highest BCUT2D eigenvalue weighted by Gasteiger charge is 2.25. The lowest BCUT2D eigenvalue weighted by Crippen LogP contribution is -2.15. The van der Waals surface area contributed by atoms with E-state index in [-0.39, 0.29) is 5.41 Å². The molecule has 0 unspecified atom stereocenters. The van der Waals surface area contributed by atoms with Gasteiger partial charge in [0.1, 0.15) is 24.6 Å². The third kappa shape index (κ3) is 6.92. The van der Waals surface area contributed by atoms with E-state index in [1.807, 2.05) is 78.9 Å². The molecular weight excluding hydrogens is 600 g/mol. The zero-order valence-electron chi connectivity index (χ0n) is 27.2. The molecule has 3 heterocycles. The van der Waals surface area contributed by atoms with Crippen LogP contribution in [0.2, 0.25) is 0 Å². The van der Waals surface area contributed by atoms with Gasteiger partial charge in [-0.3, -0.25) is 0 Å². The summed E-state index contributed by atoms with van der Waals surface area (Å²) in [5.41, 5.74) is 7.57. The van der Waals surface area contributed by atoms with E-state index in [0.29, 0.717) is 42.9 Å². The van der Waals surface area contributed by atoms with E-state index in [0.717, 1.165) is 51.1 Å². The van der Waals surface area contributed by atoms with Crippen LogP contribution in [0.4, 0.5) is 0 Å². The average molecular weight is 637 g/mol. The summed E-state index contributed by atoms with van der Waals surface area (Å²) in [7, 11) is 0. The van der Waals surface area contributed by atoms with Gasteiger partial charge in [0.05, 0.1) is 0 Å². The minimum atomic E-state index is -0.0285. The van der Waals surface area contributed by atoms with Gasteiger partial charge in [-0.25, -0.2) is 10.1 Å². The van der Waals surface area contributed by atoms with Gasteiger partial charge in [0.15, 0.2) is 11.3 Å². The van der Waals surface area contributed by atoms with Crippen LogP contribution in [0.25, 0.3) is 33.5 Å². The molecule has 0 atom stereocenters. The molecule has 0 radical (unpaired) electrons. The standard InChI is InChI=1S/C38H36N8O2/c1-38(2,3)22-32-39-33-34(37(48-25-28-14-8-5-9-15-28)43-42-36(33)47-24-27-12-6-4-7-13-27)46(32)23-26-18-20-29(21-19-26)30-16-10-11-17-31(30)35-40-44-45-41-35/h4-21H,22-25H2,1-3H3,(H,40,41,44,45). The highest BCUT2D eigenvalue weighted by molar-refractivity contribution is 5.85. The van der Waals surface area contributed by atoms with Crippen molar-refractivity contribution in [3.8, 4) is 34.3 Å². The minimum absolute atomic E-state index is 0.0285. The predicted octanol–water partition coefficient (Wildman–Crippen LogP) is 7.47. The summed E-state index contributed by atoms with van der Waals surface area (Å²) < 4.78 is 14.8. The summed E-state index contributed by atoms with van der Waals surface area (Å²) in [4.78, 5) is 5.16. The molecule has 0 aliphatic carbocycles. The molecule has 0 fully saturated rings. The van der Waals surface area contributed by atoms with Gasteiger partial charge in [0.2, 0.25) is 0 Å². The Morgan fingerprint density at radius 3 is 1.88 bits per heavy atom. The van der Waals surface area contributed by atoms with Gasteiger partial charge in [-0.05, 0) is 43.7 Å². The maximum absolute atomic E-state index is 6.36. The molecule has 240 valence electrons. The predicted molar refractivity (Wildman–Crippen MR) is 184 cm³/mol. The Morgan fingerprint density at radius 1 is 0.646 bits per heavy atom. The molecule has 10 nitrogen and oxygen atoms in total. The molecule has 0 bridgehead atoms. The quantitative estimate of drug-likeness (QED) is 0.155.